The summed E-state index contributed by atoms with van der Waals surface area (Å²) in [5.41, 5.74) is 0. The second-order valence-corrected chi connectivity index (χ2v) is 4.83. The van der Waals surface area contributed by atoms with Crippen molar-refractivity contribution in [3.8, 4) is 0 Å². The number of furan rings is 1. The molecule has 4 nitrogen and oxygen atoms in total. The second-order valence-electron chi connectivity index (χ2n) is 2.91. The lowest BCUT2D eigenvalue weighted by Crippen LogP contribution is -2.33. The number of hydrogen-bond donors (Lipinski definition) is 2. The summed E-state index contributed by atoms with van der Waals surface area (Å²) < 4.78 is 6.00. The molecule has 1 fully saturated rings. The molecule has 1 aliphatic rings. The number of carboxylic acids is 1. The third-order valence-electron chi connectivity index (χ3n) is 1.93. The van der Waals surface area contributed by atoms with Gasteiger partial charge in [0.15, 0.2) is 4.67 Å². The average Bonchev–Trinajstić information content (AvgIpc) is 2.70. The fourth-order valence-corrected chi connectivity index (χ4v) is 2.74. The smallest absolute Gasteiger partial charge is 0.321 e. The molecule has 1 saturated heterocycles. The van der Waals surface area contributed by atoms with Crippen molar-refractivity contribution in [1.29, 1.82) is 0 Å². The molecule has 0 amide bonds. The van der Waals surface area contributed by atoms with Crippen molar-refractivity contribution in [3.05, 3.63) is 22.6 Å². The summed E-state index contributed by atoms with van der Waals surface area (Å²) in [4.78, 5) is 10.7. The van der Waals surface area contributed by atoms with Crippen LogP contribution >= 0.6 is 27.7 Å². The first-order valence-electron chi connectivity index (χ1n) is 4.02. The summed E-state index contributed by atoms with van der Waals surface area (Å²) in [6, 6.07) is 3.15. The highest BCUT2D eigenvalue weighted by Gasteiger charge is 2.31. The molecule has 0 spiro atoms. The van der Waals surface area contributed by atoms with Crippen LogP contribution in [0, 0.1) is 0 Å². The summed E-state index contributed by atoms with van der Waals surface area (Å²) in [7, 11) is 0. The molecule has 1 aliphatic heterocycles. The quantitative estimate of drug-likeness (QED) is 0.864. The molecule has 0 radical (unpaired) electrons. The monoisotopic (exact) mass is 277 g/mol. The molecule has 1 aromatic rings. The Labute approximate surface area is 93.2 Å². The van der Waals surface area contributed by atoms with Crippen LogP contribution in [0.4, 0.5) is 0 Å². The molecule has 2 rings (SSSR count). The molecule has 2 atom stereocenters. The van der Waals surface area contributed by atoms with Crippen molar-refractivity contribution in [2.24, 2.45) is 0 Å². The van der Waals surface area contributed by atoms with Crippen LogP contribution in [0.2, 0.25) is 0 Å². The summed E-state index contributed by atoms with van der Waals surface area (Å²) in [5, 5.41) is 11.7. The van der Waals surface area contributed by atoms with Crippen LogP contribution in [-0.4, -0.2) is 22.9 Å². The number of nitrogens with one attached hydrogen (secondary N) is 1. The molecule has 76 valence electrons. The van der Waals surface area contributed by atoms with Crippen molar-refractivity contribution in [3.63, 3.8) is 0 Å². The molecule has 0 aliphatic carbocycles. The maximum atomic E-state index is 10.7. The molecule has 0 saturated carbocycles. The summed E-state index contributed by atoms with van der Waals surface area (Å²) >= 11 is 4.74. The van der Waals surface area contributed by atoms with Crippen molar-refractivity contribution in [2.75, 3.05) is 5.75 Å². The van der Waals surface area contributed by atoms with Gasteiger partial charge in [-0.2, -0.15) is 0 Å². The third kappa shape index (κ3) is 1.97. The Bertz CT molecular complexity index is 354. The number of carbonyl (C=O) groups is 1. The van der Waals surface area contributed by atoms with Crippen LogP contribution in [-0.2, 0) is 4.79 Å². The first-order chi connectivity index (χ1) is 6.66. The minimum atomic E-state index is -0.814. The normalized spacial score (nSPS) is 26.6. The second kappa shape index (κ2) is 3.96. The Morgan fingerprint density at radius 1 is 1.71 bits per heavy atom. The number of hydrogen-bond acceptors (Lipinski definition) is 4. The molecule has 1 aromatic heterocycles. The van der Waals surface area contributed by atoms with Crippen LogP contribution in [0.1, 0.15) is 11.1 Å². The zero-order valence-electron chi connectivity index (χ0n) is 7.07. The summed E-state index contributed by atoms with van der Waals surface area (Å²) in [5.74, 6) is 0.509. The van der Waals surface area contributed by atoms with Gasteiger partial charge in [-0.3, -0.25) is 10.1 Å². The maximum Gasteiger partial charge on any atom is 0.321 e. The number of rotatable bonds is 2. The van der Waals surface area contributed by atoms with E-state index in [1.165, 1.54) is 11.8 Å². The predicted octanol–water partition coefficient (Wildman–Crippen LogP) is 1.83. The van der Waals surface area contributed by atoms with E-state index in [2.05, 4.69) is 21.2 Å². The molecule has 2 heterocycles. The largest absolute Gasteiger partial charge is 0.480 e. The minimum absolute atomic E-state index is 0.0533. The lowest BCUT2D eigenvalue weighted by Gasteiger charge is -2.06. The highest BCUT2D eigenvalue weighted by atomic mass is 79.9. The van der Waals surface area contributed by atoms with Gasteiger partial charge in [0.05, 0.1) is 0 Å². The van der Waals surface area contributed by atoms with Gasteiger partial charge in [0.2, 0.25) is 0 Å². The highest BCUT2D eigenvalue weighted by Crippen LogP contribution is 2.34. The van der Waals surface area contributed by atoms with Gasteiger partial charge in [0, 0.05) is 5.75 Å². The molecular formula is C8H8BrNO3S. The molecule has 2 unspecified atom stereocenters. The summed E-state index contributed by atoms with van der Waals surface area (Å²) in [6.45, 7) is 0. The van der Waals surface area contributed by atoms with Crippen molar-refractivity contribution in [2.45, 2.75) is 11.4 Å². The van der Waals surface area contributed by atoms with E-state index in [1.54, 1.807) is 6.07 Å². The van der Waals surface area contributed by atoms with Gasteiger partial charge in [0.25, 0.3) is 0 Å². The van der Waals surface area contributed by atoms with E-state index in [4.69, 9.17) is 9.52 Å². The maximum absolute atomic E-state index is 10.7. The van der Waals surface area contributed by atoms with Crippen LogP contribution in [0.3, 0.4) is 0 Å². The van der Waals surface area contributed by atoms with Crippen molar-refractivity contribution >= 4 is 33.7 Å². The Morgan fingerprint density at radius 2 is 2.50 bits per heavy atom. The zero-order chi connectivity index (χ0) is 10.1. The standard InChI is InChI=1S/C8H8BrNO3S/c9-6-2-1-5(13-6)7-10-4(3-14-7)8(11)12/h1-2,4,7,10H,3H2,(H,11,12). The number of carboxylic acid groups (broad SMARTS) is 1. The molecular weight excluding hydrogens is 270 g/mol. The van der Waals surface area contributed by atoms with Gasteiger partial charge in [-0.15, -0.1) is 11.8 Å². The fraction of sp³-hybridized carbons (Fsp3) is 0.375. The average molecular weight is 278 g/mol. The Kier molecular flexibility index (Phi) is 2.85. The van der Waals surface area contributed by atoms with Crippen LogP contribution in [0.25, 0.3) is 0 Å². The first-order valence-corrected chi connectivity index (χ1v) is 5.86. The number of thioether (sulfide) groups is 1. The third-order valence-corrected chi connectivity index (χ3v) is 3.59. The van der Waals surface area contributed by atoms with Gasteiger partial charge in [-0.25, -0.2) is 0 Å². The van der Waals surface area contributed by atoms with E-state index < -0.39 is 12.0 Å². The van der Waals surface area contributed by atoms with Crippen molar-refractivity contribution in [1.82, 2.24) is 5.32 Å². The minimum Gasteiger partial charge on any atom is -0.480 e. The van der Waals surface area contributed by atoms with E-state index in [0.717, 1.165) is 5.76 Å². The van der Waals surface area contributed by atoms with Crippen molar-refractivity contribution < 1.29 is 14.3 Å². The highest BCUT2D eigenvalue weighted by molar-refractivity contribution is 9.10. The first kappa shape index (κ1) is 10.1. The SMILES string of the molecule is O=C(O)C1CSC(c2ccc(Br)o2)N1. The molecule has 6 heteroatoms. The van der Waals surface area contributed by atoms with Gasteiger partial charge in [-0.05, 0) is 28.1 Å². The van der Waals surface area contributed by atoms with E-state index in [-0.39, 0.29) is 5.37 Å². The van der Waals surface area contributed by atoms with E-state index in [0.29, 0.717) is 10.4 Å². The lowest BCUT2D eigenvalue weighted by molar-refractivity contribution is -0.138. The fourth-order valence-electron chi connectivity index (χ4n) is 1.25. The Hall–Kier alpha value is -0.460. The van der Waals surface area contributed by atoms with Gasteiger partial charge in [-0.1, -0.05) is 0 Å². The van der Waals surface area contributed by atoms with Crippen LogP contribution in [0.15, 0.2) is 21.2 Å². The van der Waals surface area contributed by atoms with E-state index in [1.807, 2.05) is 6.07 Å². The Morgan fingerprint density at radius 3 is 3.00 bits per heavy atom. The zero-order valence-corrected chi connectivity index (χ0v) is 9.47. The lowest BCUT2D eigenvalue weighted by atomic mass is 10.3. The molecule has 0 bridgehead atoms. The topological polar surface area (TPSA) is 62.5 Å². The number of aliphatic carboxylic acids is 1. The summed E-state index contributed by atoms with van der Waals surface area (Å²) in [6.07, 6.45) is 0. The Balaban J connectivity index is 2.05. The van der Waals surface area contributed by atoms with E-state index in [9.17, 15) is 4.79 Å². The predicted molar refractivity (Wildman–Crippen MR) is 56.2 cm³/mol. The van der Waals surface area contributed by atoms with Crippen LogP contribution < -0.4 is 5.32 Å². The van der Waals surface area contributed by atoms with Gasteiger partial charge in [0.1, 0.15) is 17.2 Å². The van der Waals surface area contributed by atoms with Gasteiger partial charge < -0.3 is 9.52 Å². The van der Waals surface area contributed by atoms with Crippen LogP contribution in [0.5, 0.6) is 0 Å². The molecule has 14 heavy (non-hydrogen) atoms. The molecule has 2 N–H and O–H groups in total. The van der Waals surface area contributed by atoms with Gasteiger partial charge >= 0.3 is 5.97 Å². The van der Waals surface area contributed by atoms with E-state index >= 15 is 0 Å². The molecule has 0 aromatic carbocycles. The number of halogens is 1.